The van der Waals surface area contributed by atoms with E-state index in [-0.39, 0.29) is 22.8 Å². The zero-order chi connectivity index (χ0) is 18.8. The molecule has 26 heavy (non-hydrogen) atoms. The molecule has 136 valence electrons. The van der Waals surface area contributed by atoms with Gasteiger partial charge in [-0.05, 0) is 54.0 Å². The lowest BCUT2D eigenvalue weighted by Crippen LogP contribution is -2.40. The largest absolute Gasteiger partial charge is 0.296 e. The predicted molar refractivity (Wildman–Crippen MR) is 104 cm³/mol. The van der Waals surface area contributed by atoms with Crippen LogP contribution in [0.25, 0.3) is 6.08 Å². The van der Waals surface area contributed by atoms with Crippen LogP contribution in [-0.4, -0.2) is 15.0 Å². The standard InChI is InChI=1S/C22H24O3S/c1-17-9-13-21(14-10-17)26(23,24)25-16-20-15-19(22(20,2)3)12-11-18-7-5-4-6-8-18/h4-11,13-14,20H,15-16H2,1-3H3. The fraction of sp³-hybridized carbons (Fsp3) is 0.318. The van der Waals surface area contributed by atoms with Gasteiger partial charge < -0.3 is 0 Å². The van der Waals surface area contributed by atoms with Crippen molar-refractivity contribution in [2.24, 2.45) is 11.3 Å². The Hall–Kier alpha value is -2.13. The minimum Gasteiger partial charge on any atom is -0.266 e. The molecule has 0 amide bonds. The van der Waals surface area contributed by atoms with Gasteiger partial charge in [-0.15, -0.1) is 5.73 Å². The Morgan fingerprint density at radius 2 is 1.77 bits per heavy atom. The highest BCUT2D eigenvalue weighted by Crippen LogP contribution is 2.50. The Morgan fingerprint density at radius 1 is 1.12 bits per heavy atom. The van der Waals surface area contributed by atoms with Gasteiger partial charge in [-0.1, -0.05) is 61.9 Å². The van der Waals surface area contributed by atoms with E-state index in [2.05, 4.69) is 19.6 Å². The second kappa shape index (κ2) is 7.24. The van der Waals surface area contributed by atoms with Crippen LogP contribution in [0.3, 0.4) is 0 Å². The first kappa shape index (κ1) is 18.7. The van der Waals surface area contributed by atoms with E-state index in [1.54, 1.807) is 24.3 Å². The van der Waals surface area contributed by atoms with Crippen molar-refractivity contribution in [2.75, 3.05) is 6.61 Å². The van der Waals surface area contributed by atoms with Gasteiger partial charge in [-0.2, -0.15) is 8.42 Å². The smallest absolute Gasteiger partial charge is 0.266 e. The molecule has 1 fully saturated rings. The van der Waals surface area contributed by atoms with Crippen LogP contribution >= 0.6 is 0 Å². The Balaban J connectivity index is 1.65. The number of hydrogen-bond acceptors (Lipinski definition) is 3. The maximum atomic E-state index is 12.3. The first-order chi connectivity index (χ1) is 12.3. The van der Waals surface area contributed by atoms with E-state index in [0.717, 1.165) is 17.5 Å². The van der Waals surface area contributed by atoms with Crippen LogP contribution in [-0.2, 0) is 14.3 Å². The first-order valence-electron chi connectivity index (χ1n) is 8.76. The van der Waals surface area contributed by atoms with Crippen molar-refractivity contribution >= 4 is 16.2 Å². The first-order valence-corrected chi connectivity index (χ1v) is 10.2. The molecule has 2 aromatic carbocycles. The third-order valence-electron chi connectivity index (χ3n) is 5.20. The van der Waals surface area contributed by atoms with Crippen LogP contribution in [0.1, 0.15) is 31.4 Å². The quantitative estimate of drug-likeness (QED) is 0.552. The summed E-state index contributed by atoms with van der Waals surface area (Å²) in [5, 5.41) is 0. The summed E-state index contributed by atoms with van der Waals surface area (Å²) in [4.78, 5) is 0.208. The molecule has 0 radical (unpaired) electrons. The molecule has 0 saturated heterocycles. The monoisotopic (exact) mass is 368 g/mol. The van der Waals surface area contributed by atoms with Crippen LogP contribution in [0.15, 0.2) is 70.8 Å². The topological polar surface area (TPSA) is 43.4 Å². The van der Waals surface area contributed by atoms with Gasteiger partial charge in [-0.3, -0.25) is 4.18 Å². The van der Waals surface area contributed by atoms with Crippen molar-refractivity contribution in [3.8, 4) is 0 Å². The summed E-state index contributed by atoms with van der Waals surface area (Å²) in [5.41, 5.74) is 6.58. The Morgan fingerprint density at radius 3 is 2.38 bits per heavy atom. The average Bonchev–Trinajstić information content (AvgIpc) is 2.61. The van der Waals surface area contributed by atoms with E-state index in [4.69, 9.17) is 4.18 Å². The highest BCUT2D eigenvalue weighted by atomic mass is 32.2. The maximum absolute atomic E-state index is 12.3. The summed E-state index contributed by atoms with van der Waals surface area (Å²) < 4.78 is 30.0. The van der Waals surface area contributed by atoms with E-state index >= 15 is 0 Å². The number of rotatable bonds is 5. The molecule has 1 saturated carbocycles. The second-order valence-electron chi connectivity index (χ2n) is 7.35. The highest BCUT2D eigenvalue weighted by Gasteiger charge is 2.44. The van der Waals surface area contributed by atoms with E-state index in [0.29, 0.717) is 0 Å². The van der Waals surface area contributed by atoms with Gasteiger partial charge in [0.25, 0.3) is 10.1 Å². The SMILES string of the molecule is Cc1ccc(S(=O)(=O)OCC2CC(=C=Cc3ccccc3)C2(C)C)cc1. The van der Waals surface area contributed by atoms with Gasteiger partial charge in [0.15, 0.2) is 0 Å². The lowest BCUT2D eigenvalue weighted by atomic mass is 9.59. The lowest BCUT2D eigenvalue weighted by molar-refractivity contribution is 0.101. The molecule has 1 aliphatic carbocycles. The van der Waals surface area contributed by atoms with Gasteiger partial charge >= 0.3 is 0 Å². The Labute approximate surface area is 156 Å². The zero-order valence-corrected chi connectivity index (χ0v) is 16.2. The van der Waals surface area contributed by atoms with Crippen LogP contribution in [0, 0.1) is 18.3 Å². The summed E-state index contributed by atoms with van der Waals surface area (Å²) in [7, 11) is -3.71. The normalized spacial score (nSPS) is 18.7. The van der Waals surface area contributed by atoms with E-state index in [1.165, 1.54) is 5.57 Å². The predicted octanol–water partition coefficient (Wildman–Crippen LogP) is 4.99. The van der Waals surface area contributed by atoms with Crippen LogP contribution in [0.4, 0.5) is 0 Å². The summed E-state index contributed by atoms with van der Waals surface area (Å²) in [6, 6.07) is 16.8. The molecule has 0 N–H and O–H groups in total. The summed E-state index contributed by atoms with van der Waals surface area (Å²) >= 11 is 0. The van der Waals surface area contributed by atoms with Gasteiger partial charge in [0.05, 0.1) is 11.5 Å². The van der Waals surface area contributed by atoms with Gasteiger partial charge in [0, 0.05) is 0 Å². The summed E-state index contributed by atoms with van der Waals surface area (Å²) in [6.45, 7) is 6.35. The molecule has 1 atom stereocenters. The van der Waals surface area contributed by atoms with Crippen LogP contribution in [0.5, 0.6) is 0 Å². The molecule has 3 rings (SSSR count). The second-order valence-corrected chi connectivity index (χ2v) is 8.97. The van der Waals surface area contributed by atoms with Crippen LogP contribution < -0.4 is 0 Å². The average molecular weight is 368 g/mol. The third kappa shape index (κ3) is 3.99. The molecule has 0 spiro atoms. The fourth-order valence-electron chi connectivity index (χ4n) is 3.06. The van der Waals surface area contributed by atoms with Crippen molar-refractivity contribution < 1.29 is 12.6 Å². The van der Waals surface area contributed by atoms with Crippen LogP contribution in [0.2, 0.25) is 0 Å². The van der Waals surface area contributed by atoms with Crippen molar-refractivity contribution in [3.63, 3.8) is 0 Å². The molecule has 1 unspecified atom stereocenters. The number of allylic oxidation sites excluding steroid dienone is 1. The molecule has 2 aromatic rings. The van der Waals surface area contributed by atoms with Crippen molar-refractivity contribution in [3.05, 3.63) is 77.0 Å². The van der Waals surface area contributed by atoms with Crippen molar-refractivity contribution in [1.29, 1.82) is 0 Å². The van der Waals surface area contributed by atoms with Gasteiger partial charge in [-0.25, -0.2) is 0 Å². The molecular formula is C22H24O3S. The van der Waals surface area contributed by atoms with Crippen molar-refractivity contribution in [1.82, 2.24) is 0 Å². The molecule has 4 heteroatoms. The maximum Gasteiger partial charge on any atom is 0.296 e. The Kier molecular flexibility index (Phi) is 5.19. The third-order valence-corrected chi connectivity index (χ3v) is 6.49. The molecular weight excluding hydrogens is 344 g/mol. The number of hydrogen-bond donors (Lipinski definition) is 0. The van der Waals surface area contributed by atoms with Crippen molar-refractivity contribution in [2.45, 2.75) is 32.1 Å². The highest BCUT2D eigenvalue weighted by molar-refractivity contribution is 7.86. The molecule has 3 nitrogen and oxygen atoms in total. The van der Waals surface area contributed by atoms with E-state index < -0.39 is 10.1 Å². The fourth-order valence-corrected chi connectivity index (χ4v) is 4.01. The molecule has 0 bridgehead atoms. The molecule has 0 aromatic heterocycles. The summed E-state index contributed by atoms with van der Waals surface area (Å²) in [5.74, 6) is 0.161. The minimum absolute atomic E-state index is 0.117. The molecule has 0 aliphatic heterocycles. The zero-order valence-electron chi connectivity index (χ0n) is 15.4. The van der Waals surface area contributed by atoms with E-state index in [9.17, 15) is 8.42 Å². The van der Waals surface area contributed by atoms with Gasteiger partial charge in [0.1, 0.15) is 0 Å². The van der Waals surface area contributed by atoms with E-state index in [1.807, 2.05) is 43.3 Å². The lowest BCUT2D eigenvalue weighted by Gasteiger charge is -2.45. The summed E-state index contributed by atoms with van der Waals surface area (Å²) in [6.07, 6.45) is 2.79. The number of aryl methyl sites for hydroxylation is 1. The van der Waals surface area contributed by atoms with Gasteiger partial charge in [0.2, 0.25) is 0 Å². The molecule has 1 aliphatic rings. The minimum atomic E-state index is -3.71. The molecule has 0 heterocycles. The Bertz CT molecular complexity index is 933. The number of benzene rings is 2.